The van der Waals surface area contributed by atoms with E-state index in [2.05, 4.69) is 11.3 Å². The number of hydrogen-bond donors (Lipinski definition) is 1. The van der Waals surface area contributed by atoms with E-state index in [0.29, 0.717) is 6.08 Å². The SMILES string of the molecule is C=C(C(=O)OC(F)(F)C(F)(F)C(F)(F)C(F)(F)C(F)(F)C(F)(F)C(F)(F)F)C(C)C=CC(=O)O. The lowest BCUT2D eigenvalue weighted by Gasteiger charge is -2.40. The summed E-state index contributed by atoms with van der Waals surface area (Å²) in [6.45, 7) is 3.38. The topological polar surface area (TPSA) is 63.6 Å². The molecule has 0 rings (SSSR count). The van der Waals surface area contributed by atoms with Crippen molar-refractivity contribution in [1.29, 1.82) is 0 Å². The molecule has 0 aromatic rings. The average molecular weight is 538 g/mol. The van der Waals surface area contributed by atoms with Crippen LogP contribution in [-0.4, -0.2) is 58.9 Å². The van der Waals surface area contributed by atoms with Crippen molar-refractivity contribution in [1.82, 2.24) is 0 Å². The number of aliphatic carboxylic acids is 1. The second-order valence-corrected chi connectivity index (χ2v) is 6.29. The minimum absolute atomic E-state index is 0.230. The Hall–Kier alpha value is -2.63. The van der Waals surface area contributed by atoms with Gasteiger partial charge in [0.25, 0.3) is 0 Å². The van der Waals surface area contributed by atoms with Crippen LogP contribution in [0.2, 0.25) is 0 Å². The van der Waals surface area contributed by atoms with E-state index >= 15 is 0 Å². The standard InChI is InChI=1S/C15H9F15O4/c1-5(3-4-7(31)32)6(2)8(33)34-15(29,30)13(24,25)11(20,21)9(16,17)10(18,19)12(22,23)14(26,27)28/h3-5H,2H2,1H3,(H,31,32). The number of rotatable bonds is 10. The number of carbonyl (C=O) groups excluding carboxylic acids is 1. The lowest BCUT2D eigenvalue weighted by atomic mass is 9.93. The van der Waals surface area contributed by atoms with E-state index in [0.717, 1.165) is 6.92 Å². The van der Waals surface area contributed by atoms with Gasteiger partial charge in [0.15, 0.2) is 0 Å². The molecular formula is C15H9F15O4. The molecular weight excluding hydrogens is 529 g/mol. The summed E-state index contributed by atoms with van der Waals surface area (Å²) in [6.07, 6.45) is -14.3. The highest BCUT2D eigenvalue weighted by molar-refractivity contribution is 5.89. The molecule has 0 aromatic heterocycles. The van der Waals surface area contributed by atoms with E-state index in [1.165, 1.54) is 0 Å². The van der Waals surface area contributed by atoms with Crippen LogP contribution in [0.5, 0.6) is 0 Å². The van der Waals surface area contributed by atoms with Crippen LogP contribution < -0.4 is 0 Å². The zero-order valence-electron chi connectivity index (χ0n) is 15.8. The van der Waals surface area contributed by atoms with Gasteiger partial charge in [-0.05, 0) is 0 Å². The molecule has 198 valence electrons. The van der Waals surface area contributed by atoms with Gasteiger partial charge < -0.3 is 9.84 Å². The third kappa shape index (κ3) is 4.91. The number of carboxylic acids is 1. The van der Waals surface area contributed by atoms with E-state index in [-0.39, 0.29) is 6.08 Å². The Morgan fingerprint density at radius 2 is 1.09 bits per heavy atom. The van der Waals surface area contributed by atoms with Crippen LogP contribution in [0.4, 0.5) is 65.9 Å². The first-order chi connectivity index (χ1) is 14.6. The fraction of sp³-hybridized carbons (Fsp3) is 0.600. The molecule has 0 spiro atoms. The Bertz CT molecular complexity index is 841. The minimum Gasteiger partial charge on any atom is -0.478 e. The van der Waals surface area contributed by atoms with Gasteiger partial charge in [-0.3, -0.25) is 0 Å². The van der Waals surface area contributed by atoms with E-state index < -0.39 is 65.3 Å². The van der Waals surface area contributed by atoms with Crippen LogP contribution in [0.25, 0.3) is 0 Å². The summed E-state index contributed by atoms with van der Waals surface area (Å²) in [5, 5.41) is 8.32. The number of ether oxygens (including phenoxy) is 1. The molecule has 34 heavy (non-hydrogen) atoms. The summed E-state index contributed by atoms with van der Waals surface area (Å²) in [6, 6.07) is 0. The van der Waals surface area contributed by atoms with Crippen LogP contribution in [0.1, 0.15) is 6.92 Å². The van der Waals surface area contributed by atoms with Crippen LogP contribution in [-0.2, 0) is 14.3 Å². The molecule has 0 aromatic carbocycles. The van der Waals surface area contributed by atoms with Gasteiger partial charge in [0.05, 0.1) is 0 Å². The van der Waals surface area contributed by atoms with Gasteiger partial charge in [-0.15, -0.1) is 0 Å². The predicted octanol–water partition coefficient (Wildman–Crippen LogP) is 5.69. The van der Waals surface area contributed by atoms with Crippen molar-refractivity contribution in [3.63, 3.8) is 0 Å². The third-order valence-electron chi connectivity index (χ3n) is 3.86. The highest BCUT2D eigenvalue weighted by atomic mass is 19.4. The largest absolute Gasteiger partial charge is 0.478 e. The number of esters is 1. The van der Waals surface area contributed by atoms with Gasteiger partial charge in [-0.2, -0.15) is 65.9 Å². The second-order valence-electron chi connectivity index (χ2n) is 6.29. The van der Waals surface area contributed by atoms with Crippen LogP contribution >= 0.6 is 0 Å². The summed E-state index contributed by atoms with van der Waals surface area (Å²) < 4.78 is 198. The van der Waals surface area contributed by atoms with Gasteiger partial charge in [0.2, 0.25) is 0 Å². The summed E-state index contributed by atoms with van der Waals surface area (Å²) in [4.78, 5) is 21.7. The third-order valence-corrected chi connectivity index (χ3v) is 3.86. The van der Waals surface area contributed by atoms with Gasteiger partial charge in [-0.25, -0.2) is 9.59 Å². The molecule has 1 atom stereocenters. The zero-order valence-corrected chi connectivity index (χ0v) is 15.8. The number of carboxylic acid groups (broad SMARTS) is 1. The Labute approximate surface area is 177 Å². The average Bonchev–Trinajstić information content (AvgIpc) is 2.63. The molecule has 1 N–H and O–H groups in total. The van der Waals surface area contributed by atoms with Crippen molar-refractivity contribution < 1.29 is 85.3 Å². The first-order valence-corrected chi connectivity index (χ1v) is 7.80. The summed E-state index contributed by atoms with van der Waals surface area (Å²) in [7, 11) is 0. The van der Waals surface area contributed by atoms with Crippen molar-refractivity contribution >= 4 is 11.9 Å². The molecule has 0 aliphatic heterocycles. The van der Waals surface area contributed by atoms with Gasteiger partial charge >= 0.3 is 53.8 Å². The molecule has 0 aliphatic rings. The van der Waals surface area contributed by atoms with Crippen molar-refractivity contribution in [3.05, 3.63) is 24.3 Å². The Morgan fingerprint density at radius 3 is 1.44 bits per heavy atom. The smallest absolute Gasteiger partial charge is 0.473 e. The van der Waals surface area contributed by atoms with Crippen LogP contribution in [0, 0.1) is 5.92 Å². The maximum absolute atomic E-state index is 13.5. The van der Waals surface area contributed by atoms with E-state index in [1.54, 1.807) is 0 Å². The van der Waals surface area contributed by atoms with Crippen LogP contribution in [0.3, 0.4) is 0 Å². The molecule has 19 heteroatoms. The second kappa shape index (κ2) is 8.86. The van der Waals surface area contributed by atoms with E-state index in [9.17, 15) is 75.4 Å². The first kappa shape index (κ1) is 31.4. The maximum atomic E-state index is 13.5. The quantitative estimate of drug-likeness (QED) is 0.221. The molecule has 0 fully saturated rings. The molecule has 0 saturated carbocycles. The zero-order chi connectivity index (χ0) is 27.9. The number of alkyl halides is 15. The Kier molecular flexibility index (Phi) is 8.18. The lowest BCUT2D eigenvalue weighted by molar-refractivity contribution is -0.467. The molecule has 4 nitrogen and oxygen atoms in total. The van der Waals surface area contributed by atoms with Crippen molar-refractivity contribution in [2.75, 3.05) is 0 Å². The highest BCUT2D eigenvalue weighted by Gasteiger charge is 2.94. The summed E-state index contributed by atoms with van der Waals surface area (Å²) in [5.74, 6) is -47.7. The highest BCUT2D eigenvalue weighted by Crippen LogP contribution is 2.62. The predicted molar refractivity (Wildman–Crippen MR) is 76.9 cm³/mol. The van der Waals surface area contributed by atoms with Gasteiger partial charge in [0.1, 0.15) is 0 Å². The molecule has 1 unspecified atom stereocenters. The molecule has 0 aliphatic carbocycles. The Balaban J connectivity index is 6.30. The van der Waals surface area contributed by atoms with Gasteiger partial charge in [-0.1, -0.05) is 19.6 Å². The number of carbonyl (C=O) groups is 2. The van der Waals surface area contributed by atoms with E-state index in [1.807, 2.05) is 0 Å². The molecule has 0 saturated heterocycles. The fourth-order valence-corrected chi connectivity index (χ4v) is 1.73. The summed E-state index contributed by atoms with van der Waals surface area (Å²) >= 11 is 0. The normalized spacial score (nSPS) is 15.9. The molecule has 0 bridgehead atoms. The van der Waals surface area contributed by atoms with E-state index in [4.69, 9.17) is 5.11 Å². The van der Waals surface area contributed by atoms with Gasteiger partial charge in [0, 0.05) is 17.6 Å². The number of hydrogen-bond acceptors (Lipinski definition) is 3. The van der Waals surface area contributed by atoms with Crippen molar-refractivity contribution in [2.24, 2.45) is 5.92 Å². The molecule has 0 amide bonds. The van der Waals surface area contributed by atoms with Crippen molar-refractivity contribution in [3.8, 4) is 0 Å². The first-order valence-electron chi connectivity index (χ1n) is 7.80. The Morgan fingerprint density at radius 1 is 0.735 bits per heavy atom. The monoisotopic (exact) mass is 538 g/mol. The molecule has 0 radical (unpaired) electrons. The minimum atomic E-state index is -8.52. The summed E-state index contributed by atoms with van der Waals surface area (Å²) in [5.41, 5.74) is -1.42. The molecule has 0 heterocycles. The fourth-order valence-electron chi connectivity index (χ4n) is 1.73. The number of halogens is 15. The lowest BCUT2D eigenvalue weighted by Crippen LogP contribution is -2.73. The van der Waals surface area contributed by atoms with Crippen molar-refractivity contribution in [2.45, 2.75) is 48.8 Å². The number of allylic oxidation sites excluding steroid dienone is 1. The maximum Gasteiger partial charge on any atom is 0.473 e. The van der Waals surface area contributed by atoms with Crippen LogP contribution in [0.15, 0.2) is 24.3 Å².